The highest BCUT2D eigenvalue weighted by Crippen LogP contribution is 2.22. The molecule has 1 unspecified atom stereocenters. The van der Waals surface area contributed by atoms with Crippen molar-refractivity contribution in [1.29, 1.82) is 0 Å². The third-order valence-electron chi connectivity index (χ3n) is 12.6. The van der Waals surface area contributed by atoms with Crippen LogP contribution in [0.15, 0.2) is 46.1 Å². The largest absolute Gasteiger partial charge is 0.590 e. The molecule has 7 bridgehead atoms. The maximum absolute atomic E-state index is 14.8. The summed E-state index contributed by atoms with van der Waals surface area (Å²) in [6.07, 6.45) is -1.68. The molecule has 79 heavy (non-hydrogen) atoms. The van der Waals surface area contributed by atoms with Crippen LogP contribution < -0.4 is 47.4 Å². The number of nitrogens with zero attached hydrogens (tertiary/aromatic N) is 7. The highest BCUT2D eigenvalue weighted by atomic mass is 17.1. The van der Waals surface area contributed by atoms with E-state index in [-0.39, 0.29) is 87.4 Å². The number of hydrogen-bond donors (Lipinski definition) is 5. The lowest BCUT2D eigenvalue weighted by molar-refractivity contribution is -0.566. The number of fused-ring (bicyclic) bond motifs is 10. The van der Waals surface area contributed by atoms with Gasteiger partial charge < -0.3 is 50.9 Å². The first kappa shape index (κ1) is 59.6. The molecule has 428 valence electrons. The Balaban J connectivity index is 1.45. The number of hydroxylamine groups is 6. The lowest BCUT2D eigenvalue weighted by Gasteiger charge is -2.37. The van der Waals surface area contributed by atoms with Crippen molar-refractivity contribution in [3.05, 3.63) is 79.8 Å². The van der Waals surface area contributed by atoms with Gasteiger partial charge in [-0.2, -0.15) is 9.68 Å². The van der Waals surface area contributed by atoms with Gasteiger partial charge in [-0.15, -0.1) is 14.5 Å². The number of aromatic nitrogens is 2. The maximum Gasteiger partial charge on any atom is 0.590 e. The standard InChI is InChI=1S/C49H64N12O18/c1-30(13-10-15-42(68)75-59(33(4)64)34(5)65)50-20-7-6-14-35-27-53-45(71)38-18-16-36-43(69)51-21-11-25-55-23-8-9-24-56-26-12-22-52-44(70)37-17-19-39(46(72)54-35)61(48(37)74)79-49(78-60(38)47(36)73,76-57(31(2)62)28-40(55)66)77-58(32(3)63)29-41(56)67/h16-19,35,50H,1,6-15,20-29H2,2-5H3,(H,51,69)(H,52,70)(H,53,71)(H,54,72)/t35-,49?/m0/s1. The number of imide groups is 1. The zero-order chi connectivity index (χ0) is 57.6. The number of hydrogen-bond acceptors (Lipinski definition) is 19. The van der Waals surface area contributed by atoms with Gasteiger partial charge in [0.2, 0.25) is 23.6 Å². The fraction of sp³-hybridized carbons (Fsp3) is 0.531. The van der Waals surface area contributed by atoms with Crippen LogP contribution in [0.4, 0.5) is 0 Å². The summed E-state index contributed by atoms with van der Waals surface area (Å²) in [7, 11) is 0. The second-order valence-electron chi connectivity index (χ2n) is 18.7. The molecule has 6 rings (SSSR count). The van der Waals surface area contributed by atoms with Crippen LogP contribution in [-0.4, -0.2) is 177 Å². The van der Waals surface area contributed by atoms with E-state index in [1.807, 2.05) is 0 Å². The molecule has 1 fully saturated rings. The van der Waals surface area contributed by atoms with Gasteiger partial charge in [-0.1, -0.05) is 6.58 Å². The first-order valence-electron chi connectivity index (χ1n) is 25.6. The summed E-state index contributed by atoms with van der Waals surface area (Å²) in [5, 5.41) is 14.7. The van der Waals surface area contributed by atoms with Crippen molar-refractivity contribution in [2.24, 2.45) is 0 Å². The lowest BCUT2D eigenvalue weighted by atomic mass is 10.1. The quantitative estimate of drug-likeness (QED) is 0.122. The summed E-state index contributed by atoms with van der Waals surface area (Å²) in [5.41, 5.74) is -5.14. The highest BCUT2D eigenvalue weighted by Gasteiger charge is 2.52. The van der Waals surface area contributed by atoms with Crippen molar-refractivity contribution in [2.45, 2.75) is 104 Å². The summed E-state index contributed by atoms with van der Waals surface area (Å²) in [6, 6.07) is 2.98. The van der Waals surface area contributed by atoms with Gasteiger partial charge in [-0.3, -0.25) is 57.5 Å². The normalized spacial score (nSPS) is 19.7. The van der Waals surface area contributed by atoms with Crippen LogP contribution in [-0.2, 0) is 48.1 Å². The third kappa shape index (κ3) is 15.7. The van der Waals surface area contributed by atoms with Gasteiger partial charge in [0.1, 0.15) is 35.6 Å². The first-order chi connectivity index (χ1) is 37.6. The van der Waals surface area contributed by atoms with Gasteiger partial charge in [-0.05, 0) is 82.1 Å². The molecule has 0 radical (unpaired) electrons. The molecule has 10 amide bonds. The van der Waals surface area contributed by atoms with Gasteiger partial charge in [0.15, 0.2) is 0 Å². The van der Waals surface area contributed by atoms with E-state index in [0.717, 1.165) is 52.0 Å². The first-order valence-corrected chi connectivity index (χ1v) is 25.6. The van der Waals surface area contributed by atoms with Crippen molar-refractivity contribution in [1.82, 2.24) is 61.0 Å². The monoisotopic (exact) mass is 1110 g/mol. The van der Waals surface area contributed by atoms with E-state index in [9.17, 15) is 62.3 Å². The van der Waals surface area contributed by atoms with E-state index < -0.39 is 124 Å². The number of unbranched alkanes of at least 4 members (excludes halogenated alkanes) is 1. The van der Waals surface area contributed by atoms with Crippen LogP contribution in [0.3, 0.4) is 0 Å². The minimum Gasteiger partial charge on any atom is -0.389 e. The molecule has 30 nitrogen and oxygen atoms in total. The Morgan fingerprint density at radius 1 is 0.633 bits per heavy atom. The van der Waals surface area contributed by atoms with Crippen LogP contribution in [0.25, 0.3) is 0 Å². The van der Waals surface area contributed by atoms with Gasteiger partial charge in [0, 0.05) is 98.2 Å². The van der Waals surface area contributed by atoms with Crippen LogP contribution in [0.2, 0.25) is 0 Å². The van der Waals surface area contributed by atoms with Crippen molar-refractivity contribution in [3.63, 3.8) is 0 Å². The molecule has 4 aliphatic heterocycles. The Morgan fingerprint density at radius 3 is 1.62 bits per heavy atom. The molecule has 0 saturated carbocycles. The molecule has 2 atom stereocenters. The third-order valence-corrected chi connectivity index (χ3v) is 12.6. The Hall–Kier alpha value is -8.67. The number of carbonyl (C=O) groups excluding carboxylic acids is 11. The fourth-order valence-corrected chi connectivity index (χ4v) is 8.42. The van der Waals surface area contributed by atoms with Gasteiger partial charge in [0.05, 0.1) is 0 Å². The Kier molecular flexibility index (Phi) is 20.4. The van der Waals surface area contributed by atoms with Crippen molar-refractivity contribution < 1.29 is 76.9 Å². The van der Waals surface area contributed by atoms with E-state index in [4.69, 9.17) is 24.2 Å². The average molecular weight is 1110 g/mol. The number of rotatable bonds is 10. The molecule has 0 aliphatic carbocycles. The molecule has 4 aliphatic rings. The Labute approximate surface area is 451 Å². The molecule has 5 N–H and O–H groups in total. The average Bonchev–Trinajstić information content (AvgIpc) is 3.59. The number of nitrogens with one attached hydrogen (secondary N) is 5. The van der Waals surface area contributed by atoms with E-state index in [1.54, 1.807) is 0 Å². The van der Waals surface area contributed by atoms with Crippen molar-refractivity contribution in [2.75, 3.05) is 65.4 Å². The van der Waals surface area contributed by atoms with Gasteiger partial charge in [0.25, 0.3) is 46.6 Å². The molecule has 6 heterocycles. The summed E-state index contributed by atoms with van der Waals surface area (Å²) >= 11 is 0. The van der Waals surface area contributed by atoms with Crippen LogP contribution in [0.1, 0.15) is 134 Å². The lowest BCUT2D eigenvalue weighted by Crippen LogP contribution is -2.65. The topological polar surface area (TPSA) is 354 Å². The SMILES string of the molecule is C=C(CCCC(=O)ON(C(C)=O)C(C)=O)NCCCC[C@H]1CNC(=O)c2ccc3c(=O)n2OC24ON(C(C)=O)CC(=O)N(CCCCN(CCCNC(=O)c5ccc(n(c5=O)O2)C(=O)N1)C(=O)CN(C(C)=O)O4)CCCNC3=O. The second-order valence-corrected chi connectivity index (χ2v) is 18.7. The van der Waals surface area contributed by atoms with Crippen LogP contribution in [0.5, 0.6) is 0 Å². The zero-order valence-electron chi connectivity index (χ0n) is 44.2. The summed E-state index contributed by atoms with van der Waals surface area (Å²) in [5.74, 6) is -10.2. The number of pyridine rings is 2. The summed E-state index contributed by atoms with van der Waals surface area (Å²) in [4.78, 5) is 210. The minimum atomic E-state index is -3.91. The van der Waals surface area contributed by atoms with E-state index >= 15 is 0 Å². The van der Waals surface area contributed by atoms with E-state index in [2.05, 4.69) is 33.2 Å². The van der Waals surface area contributed by atoms with Crippen LogP contribution >= 0.6 is 0 Å². The maximum atomic E-state index is 14.8. The fourth-order valence-electron chi connectivity index (χ4n) is 8.42. The molecular formula is C49H64N12O18. The predicted octanol–water partition coefficient (Wildman–Crippen LogP) is -2.40. The molecule has 0 aromatic carbocycles. The molecule has 2 aromatic rings. The smallest absolute Gasteiger partial charge is 0.389 e. The zero-order valence-corrected chi connectivity index (χ0v) is 44.2. The predicted molar refractivity (Wildman–Crippen MR) is 268 cm³/mol. The second kappa shape index (κ2) is 27.1. The summed E-state index contributed by atoms with van der Waals surface area (Å²) in [6.45, 7) is 5.89. The summed E-state index contributed by atoms with van der Waals surface area (Å²) < 4.78 is 0.289. The molecule has 2 aromatic heterocycles. The number of carbonyl (C=O) groups is 11. The Bertz CT molecular complexity index is 2810. The molecule has 30 heteroatoms. The number of amides is 10. The number of allylic oxidation sites excluding steroid dienone is 1. The molecule has 1 spiro atoms. The van der Waals surface area contributed by atoms with E-state index in [1.165, 1.54) is 9.80 Å². The van der Waals surface area contributed by atoms with Gasteiger partial charge >= 0.3 is 12.1 Å². The van der Waals surface area contributed by atoms with Crippen LogP contribution in [0, 0.1) is 0 Å². The van der Waals surface area contributed by atoms with Crippen molar-refractivity contribution in [3.8, 4) is 0 Å². The Morgan fingerprint density at radius 2 is 1.13 bits per heavy atom. The molecule has 1 saturated heterocycles. The highest BCUT2D eigenvalue weighted by molar-refractivity contribution is 5.98. The van der Waals surface area contributed by atoms with Gasteiger partial charge in [-0.25, -0.2) is 14.9 Å². The van der Waals surface area contributed by atoms with E-state index in [0.29, 0.717) is 59.5 Å². The minimum absolute atomic E-state index is 0.00570. The molecular weight excluding hydrogens is 1040 g/mol. The van der Waals surface area contributed by atoms with Crippen molar-refractivity contribution >= 4 is 65.0 Å².